The van der Waals surface area contributed by atoms with Crippen molar-refractivity contribution < 1.29 is 32.9 Å². The van der Waals surface area contributed by atoms with Crippen molar-refractivity contribution in [2.45, 2.75) is 219 Å². The third-order valence-electron chi connectivity index (χ3n) is 10.5. The molecule has 3 atom stereocenters. The predicted octanol–water partition coefficient (Wildman–Crippen LogP) is 13.6. The van der Waals surface area contributed by atoms with Gasteiger partial charge in [-0.15, -0.1) is 0 Å². The number of allylic oxidation sites excluding steroid dienone is 7. The van der Waals surface area contributed by atoms with Gasteiger partial charge in [-0.2, -0.15) is 0 Å². The number of carbonyl (C=O) groups is 1. The molecule has 0 saturated heterocycles. The molecule has 3 unspecified atom stereocenters. The van der Waals surface area contributed by atoms with Gasteiger partial charge in [0.2, 0.25) is 5.91 Å². The number of hydrogen-bond acceptors (Lipinski definition) is 5. The lowest BCUT2D eigenvalue weighted by molar-refractivity contribution is -0.870. The fraction of sp³-hybridized carbons (Fsp3) is 0.816. The van der Waals surface area contributed by atoms with Crippen molar-refractivity contribution in [2.75, 3.05) is 40.9 Å². The zero-order chi connectivity index (χ0) is 42.8. The Morgan fingerprint density at radius 1 is 0.586 bits per heavy atom. The second-order valence-corrected chi connectivity index (χ2v) is 18.9. The van der Waals surface area contributed by atoms with Crippen LogP contribution in [0, 0.1) is 0 Å². The van der Waals surface area contributed by atoms with Crippen molar-refractivity contribution in [2.24, 2.45) is 0 Å². The van der Waals surface area contributed by atoms with Crippen molar-refractivity contribution in [3.8, 4) is 0 Å². The third-order valence-corrected chi connectivity index (χ3v) is 11.5. The van der Waals surface area contributed by atoms with Crippen LogP contribution in [0.3, 0.4) is 0 Å². The van der Waals surface area contributed by atoms with Crippen LogP contribution in [0.4, 0.5) is 0 Å². The number of carbonyl (C=O) groups excluding carboxylic acids is 1. The molecule has 0 aliphatic rings. The Bertz CT molecular complexity index is 1090. The minimum Gasteiger partial charge on any atom is -0.387 e. The van der Waals surface area contributed by atoms with Gasteiger partial charge < -0.3 is 19.8 Å². The fourth-order valence-corrected chi connectivity index (χ4v) is 7.41. The van der Waals surface area contributed by atoms with Gasteiger partial charge in [-0.3, -0.25) is 13.8 Å². The number of likely N-dealkylation sites (N-methyl/N-ethyl adjacent to an activating group) is 1. The standard InChI is InChI=1S/C49H93N2O6P/c1-6-8-10-12-14-16-18-20-21-22-23-24-25-26-27-28-29-31-33-35-37-39-41-43-49(53)50-47(46-57-58(54,55)56-45-44-51(3,4)5)48(52)42-40-38-36-34-32-30-19-17-15-13-11-9-7-2/h23-24,26-27,32,34,40,42,47-48,52H,6-22,25,28-31,33,35-39,41,43-46H2,1-5H3,(H-,50,53,54,55)/p+1/b24-23-,27-26-,34-32+,42-40+. The predicted molar refractivity (Wildman–Crippen MR) is 249 cm³/mol. The number of phosphoric acid groups is 1. The first-order chi connectivity index (χ1) is 28.0. The van der Waals surface area contributed by atoms with Gasteiger partial charge >= 0.3 is 7.82 Å². The Kier molecular flexibility index (Phi) is 39.8. The second kappa shape index (κ2) is 40.8. The van der Waals surface area contributed by atoms with E-state index in [-0.39, 0.29) is 19.1 Å². The molecule has 0 aliphatic carbocycles. The number of nitrogens with one attached hydrogen (secondary N) is 1. The lowest BCUT2D eigenvalue weighted by Gasteiger charge is -2.25. The van der Waals surface area contributed by atoms with E-state index in [1.807, 2.05) is 27.2 Å². The van der Waals surface area contributed by atoms with Gasteiger partial charge in [0.25, 0.3) is 0 Å². The first-order valence-electron chi connectivity index (χ1n) is 24.0. The minimum atomic E-state index is -4.35. The number of nitrogens with zero attached hydrogens (tertiary/aromatic N) is 1. The summed E-state index contributed by atoms with van der Waals surface area (Å²) in [6, 6.07) is -0.867. The Balaban J connectivity index is 4.34. The number of rotatable bonds is 43. The number of hydrogen-bond donors (Lipinski definition) is 3. The van der Waals surface area contributed by atoms with E-state index >= 15 is 0 Å². The molecule has 0 fully saturated rings. The van der Waals surface area contributed by atoms with Crippen LogP contribution in [0.25, 0.3) is 0 Å². The number of unbranched alkanes of at least 4 members (excludes halogenated alkanes) is 24. The SMILES string of the molecule is CCCCCCCCC/C=C/CC/C=C/C(O)C(COP(=O)(O)OCC[N+](C)(C)C)NC(=O)CCCCCCCCC/C=C\C/C=C\CCCCCCCCCCC. The summed E-state index contributed by atoms with van der Waals surface area (Å²) in [4.78, 5) is 23.1. The number of aliphatic hydroxyl groups is 1. The molecule has 0 aromatic heterocycles. The first-order valence-corrected chi connectivity index (χ1v) is 25.5. The first kappa shape index (κ1) is 56.5. The quantitative estimate of drug-likeness (QED) is 0.0244. The van der Waals surface area contributed by atoms with Gasteiger partial charge in [0, 0.05) is 6.42 Å². The van der Waals surface area contributed by atoms with Gasteiger partial charge in [0.1, 0.15) is 13.2 Å². The molecule has 58 heavy (non-hydrogen) atoms. The van der Waals surface area contributed by atoms with E-state index in [0.29, 0.717) is 17.4 Å². The molecular weight excluding hydrogens is 744 g/mol. The molecule has 1 amide bonds. The molecule has 340 valence electrons. The van der Waals surface area contributed by atoms with Crippen LogP contribution in [0.2, 0.25) is 0 Å². The van der Waals surface area contributed by atoms with Crippen LogP contribution in [-0.4, -0.2) is 73.4 Å². The molecule has 3 N–H and O–H groups in total. The van der Waals surface area contributed by atoms with E-state index in [2.05, 4.69) is 55.6 Å². The molecule has 0 aromatic rings. The van der Waals surface area contributed by atoms with Crippen LogP contribution < -0.4 is 5.32 Å². The maximum atomic E-state index is 12.9. The lowest BCUT2D eigenvalue weighted by Crippen LogP contribution is -2.45. The lowest BCUT2D eigenvalue weighted by atomic mass is 10.1. The monoisotopic (exact) mass is 838 g/mol. The maximum Gasteiger partial charge on any atom is 0.472 e. The Hall–Kier alpha value is -1.54. The van der Waals surface area contributed by atoms with Gasteiger partial charge in [-0.1, -0.05) is 184 Å². The Morgan fingerprint density at radius 2 is 1.00 bits per heavy atom. The molecule has 8 nitrogen and oxygen atoms in total. The number of phosphoric ester groups is 1. The normalized spacial score (nSPS) is 14.7. The van der Waals surface area contributed by atoms with Crippen LogP contribution in [0.5, 0.6) is 0 Å². The van der Waals surface area contributed by atoms with E-state index in [1.165, 1.54) is 135 Å². The smallest absolute Gasteiger partial charge is 0.387 e. The van der Waals surface area contributed by atoms with E-state index in [0.717, 1.165) is 51.4 Å². The number of amides is 1. The van der Waals surface area contributed by atoms with Crippen LogP contribution >= 0.6 is 7.82 Å². The van der Waals surface area contributed by atoms with Gasteiger partial charge in [-0.05, 0) is 64.2 Å². The van der Waals surface area contributed by atoms with Crippen LogP contribution in [0.1, 0.15) is 206 Å². The van der Waals surface area contributed by atoms with Crippen LogP contribution in [0.15, 0.2) is 48.6 Å². The van der Waals surface area contributed by atoms with Crippen LogP contribution in [-0.2, 0) is 18.4 Å². The maximum absolute atomic E-state index is 12.9. The van der Waals surface area contributed by atoms with Gasteiger partial charge in [0.15, 0.2) is 0 Å². The molecule has 0 aromatic carbocycles. The van der Waals surface area contributed by atoms with Crippen molar-refractivity contribution in [1.82, 2.24) is 5.32 Å². The summed E-state index contributed by atoms with van der Waals surface area (Å²) < 4.78 is 23.5. The third kappa shape index (κ3) is 42.6. The largest absolute Gasteiger partial charge is 0.472 e. The number of quaternary nitrogens is 1. The summed E-state index contributed by atoms with van der Waals surface area (Å²) in [7, 11) is 1.54. The van der Waals surface area contributed by atoms with Crippen molar-refractivity contribution in [1.29, 1.82) is 0 Å². The van der Waals surface area contributed by atoms with Crippen molar-refractivity contribution >= 4 is 13.7 Å². The summed E-state index contributed by atoms with van der Waals surface area (Å²) in [6.45, 7) is 4.77. The molecule has 0 spiro atoms. The van der Waals surface area contributed by atoms with Gasteiger partial charge in [0.05, 0.1) is 39.9 Å². The molecule has 9 heteroatoms. The Morgan fingerprint density at radius 3 is 1.48 bits per heavy atom. The molecule has 0 heterocycles. The molecule has 0 radical (unpaired) electrons. The number of aliphatic hydroxyl groups excluding tert-OH is 1. The molecule has 0 bridgehead atoms. The minimum absolute atomic E-state index is 0.0532. The topological polar surface area (TPSA) is 105 Å². The fourth-order valence-electron chi connectivity index (χ4n) is 6.67. The summed E-state index contributed by atoms with van der Waals surface area (Å²) in [6.07, 6.45) is 51.9. The second-order valence-electron chi connectivity index (χ2n) is 17.5. The summed E-state index contributed by atoms with van der Waals surface area (Å²) >= 11 is 0. The highest BCUT2D eigenvalue weighted by Gasteiger charge is 2.27. The van der Waals surface area contributed by atoms with E-state index in [9.17, 15) is 19.4 Å². The average Bonchev–Trinajstić information content (AvgIpc) is 3.17. The zero-order valence-electron chi connectivity index (χ0n) is 38.5. The highest BCUT2D eigenvalue weighted by Crippen LogP contribution is 2.43. The zero-order valence-corrected chi connectivity index (χ0v) is 39.4. The van der Waals surface area contributed by atoms with E-state index in [4.69, 9.17) is 9.05 Å². The van der Waals surface area contributed by atoms with Crippen molar-refractivity contribution in [3.63, 3.8) is 0 Å². The summed E-state index contributed by atoms with van der Waals surface area (Å²) in [5.74, 6) is -0.196. The molecule has 0 saturated carbocycles. The average molecular weight is 838 g/mol. The Labute approximate surface area is 359 Å². The molecule has 0 aliphatic heterocycles. The van der Waals surface area contributed by atoms with Gasteiger partial charge in [-0.25, -0.2) is 4.57 Å². The van der Waals surface area contributed by atoms with Crippen molar-refractivity contribution in [3.05, 3.63) is 48.6 Å². The highest BCUT2D eigenvalue weighted by molar-refractivity contribution is 7.47. The molecule has 0 rings (SSSR count). The highest BCUT2D eigenvalue weighted by atomic mass is 31.2. The van der Waals surface area contributed by atoms with E-state index < -0.39 is 20.0 Å². The summed E-state index contributed by atoms with van der Waals surface area (Å²) in [5, 5.41) is 13.8. The summed E-state index contributed by atoms with van der Waals surface area (Å²) in [5.41, 5.74) is 0. The van der Waals surface area contributed by atoms with E-state index in [1.54, 1.807) is 6.08 Å². The molecular formula is C49H94N2O6P+.